The Balaban J connectivity index is 1.34. The molecular formula is C24H24N4O3. The van der Waals surface area contributed by atoms with Crippen LogP contribution in [0.1, 0.15) is 26.4 Å². The largest absolute Gasteiger partial charge is 0.379 e. The van der Waals surface area contributed by atoms with Gasteiger partial charge in [-0.25, -0.2) is 0 Å². The van der Waals surface area contributed by atoms with Gasteiger partial charge in [-0.3, -0.25) is 19.5 Å². The van der Waals surface area contributed by atoms with E-state index in [1.165, 1.54) is 0 Å². The molecule has 31 heavy (non-hydrogen) atoms. The minimum atomic E-state index is -0.0321. The number of benzene rings is 1. The summed E-state index contributed by atoms with van der Waals surface area (Å²) in [5, 5.41) is 2.87. The molecular weight excluding hydrogens is 392 g/mol. The van der Waals surface area contributed by atoms with Crippen LogP contribution in [-0.2, 0) is 11.2 Å². The van der Waals surface area contributed by atoms with E-state index in [0.29, 0.717) is 37.4 Å². The number of ketones is 1. The Morgan fingerprint density at radius 1 is 1.06 bits per heavy atom. The summed E-state index contributed by atoms with van der Waals surface area (Å²) in [6, 6.07) is 13.4. The second-order valence-corrected chi connectivity index (χ2v) is 7.90. The number of Topliss-reactive ketones (excluding diaryl/α,β-unsaturated/α-hetero) is 1. The van der Waals surface area contributed by atoms with Crippen LogP contribution in [0.15, 0.2) is 48.7 Å². The fraction of sp³-hybridized carbons (Fsp3) is 0.292. The molecule has 1 fully saturated rings. The van der Waals surface area contributed by atoms with Crippen LogP contribution in [0.3, 0.4) is 0 Å². The SMILES string of the molecule is O=C(CN1CCOCC1)c1ccc(-c2cc(-c3cc4c([nH]3)CCNC4=O)ccn2)cc1. The van der Waals surface area contributed by atoms with Gasteiger partial charge in [0.2, 0.25) is 0 Å². The number of ether oxygens (including phenoxy) is 1. The van der Waals surface area contributed by atoms with Crippen LogP contribution >= 0.6 is 0 Å². The normalized spacial score (nSPS) is 16.6. The minimum absolute atomic E-state index is 0.0321. The molecule has 0 bridgehead atoms. The van der Waals surface area contributed by atoms with Gasteiger partial charge in [0.25, 0.3) is 5.91 Å². The number of amides is 1. The van der Waals surface area contributed by atoms with Crippen molar-refractivity contribution in [2.24, 2.45) is 0 Å². The predicted octanol–water partition coefficient (Wildman–Crippen LogP) is 2.54. The quantitative estimate of drug-likeness (QED) is 0.624. The lowest BCUT2D eigenvalue weighted by Crippen LogP contribution is -2.39. The number of hydrogen-bond donors (Lipinski definition) is 2. The predicted molar refractivity (Wildman–Crippen MR) is 117 cm³/mol. The molecule has 1 amide bonds. The number of H-pyrrole nitrogens is 1. The van der Waals surface area contributed by atoms with Gasteiger partial charge in [0.05, 0.1) is 31.0 Å². The summed E-state index contributed by atoms with van der Waals surface area (Å²) in [5.74, 6) is 0.0840. The fourth-order valence-corrected chi connectivity index (χ4v) is 4.09. The van der Waals surface area contributed by atoms with Gasteiger partial charge in [-0.1, -0.05) is 24.3 Å². The van der Waals surface area contributed by atoms with Gasteiger partial charge in [-0.05, 0) is 18.2 Å². The Bertz CT molecular complexity index is 1110. The number of nitrogens with zero attached hydrogens (tertiary/aromatic N) is 2. The van der Waals surface area contributed by atoms with Crippen molar-refractivity contribution < 1.29 is 14.3 Å². The topological polar surface area (TPSA) is 87.3 Å². The molecule has 1 saturated heterocycles. The number of rotatable bonds is 5. The molecule has 4 heterocycles. The van der Waals surface area contributed by atoms with Crippen LogP contribution in [0, 0.1) is 0 Å². The lowest BCUT2D eigenvalue weighted by molar-refractivity contribution is 0.0371. The molecule has 7 nitrogen and oxygen atoms in total. The maximum atomic E-state index is 12.6. The molecule has 7 heteroatoms. The monoisotopic (exact) mass is 416 g/mol. The van der Waals surface area contributed by atoms with E-state index in [2.05, 4.69) is 20.2 Å². The summed E-state index contributed by atoms with van der Waals surface area (Å²) in [5.41, 5.74) is 6.03. The first-order chi connectivity index (χ1) is 15.2. The number of carbonyl (C=O) groups is 2. The van der Waals surface area contributed by atoms with Crippen LogP contribution < -0.4 is 5.32 Å². The smallest absolute Gasteiger partial charge is 0.253 e. The second-order valence-electron chi connectivity index (χ2n) is 7.90. The molecule has 3 aromatic rings. The van der Waals surface area contributed by atoms with Gasteiger partial charge in [-0.2, -0.15) is 0 Å². The molecule has 0 unspecified atom stereocenters. The Labute approximate surface area is 180 Å². The number of morpholine rings is 1. The molecule has 158 valence electrons. The molecule has 0 spiro atoms. The van der Waals surface area contributed by atoms with E-state index in [1.54, 1.807) is 6.20 Å². The standard InChI is InChI=1S/C24H24N4O3/c29-23(15-28-9-11-31-12-10-28)17-3-1-16(2-4-17)21-13-18(5-7-25-21)22-14-19-20(27-22)6-8-26-24(19)30/h1-5,7,13-14,27H,6,8-12,15H2,(H,26,30). The molecule has 1 aromatic carbocycles. The lowest BCUT2D eigenvalue weighted by Gasteiger charge is -2.25. The second kappa shape index (κ2) is 8.45. The first-order valence-corrected chi connectivity index (χ1v) is 10.6. The van der Waals surface area contributed by atoms with Crippen LogP contribution in [0.5, 0.6) is 0 Å². The maximum absolute atomic E-state index is 12.6. The van der Waals surface area contributed by atoms with Gasteiger partial charge in [0.15, 0.2) is 5.78 Å². The van der Waals surface area contributed by atoms with Gasteiger partial charge < -0.3 is 15.0 Å². The van der Waals surface area contributed by atoms with Crippen molar-refractivity contribution in [3.63, 3.8) is 0 Å². The van der Waals surface area contributed by atoms with E-state index in [0.717, 1.165) is 47.7 Å². The van der Waals surface area contributed by atoms with Crippen molar-refractivity contribution in [2.45, 2.75) is 6.42 Å². The average Bonchev–Trinajstić information content (AvgIpc) is 3.26. The number of carbonyl (C=O) groups excluding carboxylic acids is 2. The molecule has 0 atom stereocenters. The zero-order valence-electron chi connectivity index (χ0n) is 17.2. The van der Waals surface area contributed by atoms with E-state index in [-0.39, 0.29) is 11.7 Å². The van der Waals surface area contributed by atoms with Crippen molar-refractivity contribution in [2.75, 3.05) is 39.4 Å². The number of aromatic amines is 1. The zero-order valence-corrected chi connectivity index (χ0v) is 17.2. The number of aromatic nitrogens is 2. The summed E-state index contributed by atoms with van der Waals surface area (Å²) in [6.45, 7) is 4.03. The summed E-state index contributed by atoms with van der Waals surface area (Å²) in [6.07, 6.45) is 2.57. The lowest BCUT2D eigenvalue weighted by atomic mass is 10.0. The first-order valence-electron chi connectivity index (χ1n) is 10.6. The van der Waals surface area contributed by atoms with Crippen molar-refractivity contribution >= 4 is 11.7 Å². The molecule has 2 aromatic heterocycles. The van der Waals surface area contributed by atoms with Gasteiger partial charge in [-0.15, -0.1) is 0 Å². The minimum Gasteiger partial charge on any atom is -0.379 e. The van der Waals surface area contributed by atoms with E-state index in [9.17, 15) is 9.59 Å². The Morgan fingerprint density at radius 3 is 2.65 bits per heavy atom. The summed E-state index contributed by atoms with van der Waals surface area (Å²) in [4.78, 5) is 34.6. The van der Waals surface area contributed by atoms with Crippen LogP contribution in [0.2, 0.25) is 0 Å². The summed E-state index contributed by atoms with van der Waals surface area (Å²) >= 11 is 0. The van der Waals surface area contributed by atoms with Gasteiger partial charge in [0.1, 0.15) is 0 Å². The van der Waals surface area contributed by atoms with Crippen molar-refractivity contribution in [3.05, 3.63) is 65.5 Å². The third kappa shape index (κ3) is 4.15. The number of nitrogens with one attached hydrogen (secondary N) is 2. The highest BCUT2D eigenvalue weighted by Gasteiger charge is 2.20. The molecule has 2 aliphatic rings. The van der Waals surface area contributed by atoms with Crippen molar-refractivity contribution in [3.8, 4) is 22.5 Å². The number of hydrogen-bond acceptors (Lipinski definition) is 5. The van der Waals surface area contributed by atoms with Gasteiger partial charge in [0, 0.05) is 60.3 Å². The third-order valence-electron chi connectivity index (χ3n) is 5.85. The van der Waals surface area contributed by atoms with Crippen LogP contribution in [0.25, 0.3) is 22.5 Å². The molecule has 2 aliphatic heterocycles. The first kappa shape index (κ1) is 19.7. The average molecular weight is 416 g/mol. The fourth-order valence-electron chi connectivity index (χ4n) is 4.09. The highest BCUT2D eigenvalue weighted by molar-refractivity contribution is 5.98. The van der Waals surface area contributed by atoms with Crippen LogP contribution in [0.4, 0.5) is 0 Å². The molecule has 0 radical (unpaired) electrons. The zero-order chi connectivity index (χ0) is 21.2. The highest BCUT2D eigenvalue weighted by atomic mass is 16.5. The molecule has 2 N–H and O–H groups in total. The Kier molecular flexibility index (Phi) is 5.36. The van der Waals surface area contributed by atoms with E-state index in [1.807, 2.05) is 42.5 Å². The number of pyridine rings is 1. The molecule has 0 saturated carbocycles. The molecule has 5 rings (SSSR count). The van der Waals surface area contributed by atoms with Crippen molar-refractivity contribution in [1.82, 2.24) is 20.2 Å². The van der Waals surface area contributed by atoms with Crippen molar-refractivity contribution in [1.29, 1.82) is 0 Å². The van der Waals surface area contributed by atoms with E-state index >= 15 is 0 Å². The third-order valence-corrected chi connectivity index (χ3v) is 5.85. The summed E-state index contributed by atoms with van der Waals surface area (Å²) in [7, 11) is 0. The Hall–Kier alpha value is -3.29. The summed E-state index contributed by atoms with van der Waals surface area (Å²) < 4.78 is 5.34. The maximum Gasteiger partial charge on any atom is 0.253 e. The highest BCUT2D eigenvalue weighted by Crippen LogP contribution is 2.27. The van der Waals surface area contributed by atoms with E-state index < -0.39 is 0 Å². The van der Waals surface area contributed by atoms with Gasteiger partial charge >= 0.3 is 0 Å². The van der Waals surface area contributed by atoms with Crippen LogP contribution in [-0.4, -0.2) is 66.0 Å². The van der Waals surface area contributed by atoms with E-state index in [4.69, 9.17) is 4.74 Å². The Morgan fingerprint density at radius 2 is 1.87 bits per heavy atom. The number of fused-ring (bicyclic) bond motifs is 1. The molecule has 0 aliphatic carbocycles.